The number of methoxy groups -OCH3 is 1. The molecule has 0 saturated carbocycles. The zero-order valence-electron chi connectivity index (χ0n) is 21.9. The van der Waals surface area contributed by atoms with Crippen LogP contribution in [0.25, 0.3) is 0 Å². The SMILES string of the molecule is COC(=O)C(C)Cc1ccc(C#CCCN2CCC(C(c3ccccc3)c3ccc(O)cc3)CC2)cc1. The fraction of sp³-hybridized carbons (Fsp3) is 0.364. The second-order valence-corrected chi connectivity index (χ2v) is 10.0. The maximum atomic E-state index is 11.6. The first kappa shape index (κ1) is 26.5. The maximum absolute atomic E-state index is 11.6. The molecule has 3 aromatic rings. The maximum Gasteiger partial charge on any atom is 0.308 e. The fourth-order valence-electron chi connectivity index (χ4n) is 5.33. The van der Waals surface area contributed by atoms with Crippen molar-refractivity contribution in [2.75, 3.05) is 26.7 Å². The number of piperidine rings is 1. The first-order valence-electron chi connectivity index (χ1n) is 13.3. The van der Waals surface area contributed by atoms with Gasteiger partial charge in [0, 0.05) is 24.4 Å². The third-order valence-corrected chi connectivity index (χ3v) is 7.40. The molecule has 4 heteroatoms. The molecule has 4 nitrogen and oxygen atoms in total. The van der Waals surface area contributed by atoms with Crippen LogP contribution >= 0.6 is 0 Å². The Morgan fingerprint density at radius 2 is 1.62 bits per heavy atom. The Kier molecular flexibility index (Phi) is 9.40. The molecule has 2 atom stereocenters. The lowest BCUT2D eigenvalue weighted by Crippen LogP contribution is -2.36. The average Bonchev–Trinajstić information content (AvgIpc) is 2.94. The zero-order chi connectivity index (χ0) is 26.0. The number of likely N-dealkylation sites (tertiary alicyclic amines) is 1. The quantitative estimate of drug-likeness (QED) is 0.306. The molecule has 0 radical (unpaired) electrons. The van der Waals surface area contributed by atoms with Crippen molar-refractivity contribution in [3.05, 3.63) is 101 Å². The van der Waals surface area contributed by atoms with Crippen LogP contribution in [0.15, 0.2) is 78.9 Å². The van der Waals surface area contributed by atoms with Crippen LogP contribution < -0.4 is 0 Å². The number of hydrogen-bond donors (Lipinski definition) is 1. The summed E-state index contributed by atoms with van der Waals surface area (Å²) in [6, 6.07) is 26.7. The first-order valence-corrected chi connectivity index (χ1v) is 13.3. The van der Waals surface area contributed by atoms with E-state index >= 15 is 0 Å². The van der Waals surface area contributed by atoms with Gasteiger partial charge in [-0.1, -0.05) is 73.4 Å². The number of benzene rings is 3. The van der Waals surface area contributed by atoms with Crippen LogP contribution in [0.2, 0.25) is 0 Å². The lowest BCUT2D eigenvalue weighted by Gasteiger charge is -2.36. The molecule has 1 aliphatic heterocycles. The number of nitrogens with zero attached hydrogens (tertiary/aromatic N) is 1. The molecule has 37 heavy (non-hydrogen) atoms. The van der Waals surface area contributed by atoms with Crippen LogP contribution in [0.1, 0.15) is 54.4 Å². The van der Waals surface area contributed by atoms with E-state index in [1.54, 1.807) is 12.1 Å². The normalized spacial score (nSPS) is 15.8. The van der Waals surface area contributed by atoms with Gasteiger partial charge in [0.15, 0.2) is 0 Å². The van der Waals surface area contributed by atoms with Crippen LogP contribution in [-0.2, 0) is 16.0 Å². The molecule has 1 saturated heterocycles. The molecule has 1 heterocycles. The summed E-state index contributed by atoms with van der Waals surface area (Å²) in [4.78, 5) is 14.2. The average molecular weight is 496 g/mol. The summed E-state index contributed by atoms with van der Waals surface area (Å²) < 4.78 is 4.81. The van der Waals surface area contributed by atoms with Crippen molar-refractivity contribution >= 4 is 5.97 Å². The minimum atomic E-state index is -0.177. The number of carbonyl (C=O) groups excluding carboxylic acids is 1. The van der Waals surface area contributed by atoms with E-state index in [1.165, 1.54) is 18.2 Å². The third kappa shape index (κ3) is 7.47. The van der Waals surface area contributed by atoms with Crippen molar-refractivity contribution < 1.29 is 14.6 Å². The molecular weight excluding hydrogens is 458 g/mol. The second kappa shape index (κ2) is 13.1. The van der Waals surface area contributed by atoms with E-state index in [0.717, 1.165) is 50.0 Å². The Hall–Kier alpha value is -3.55. The van der Waals surface area contributed by atoms with Crippen molar-refractivity contribution in [1.82, 2.24) is 4.90 Å². The van der Waals surface area contributed by atoms with Gasteiger partial charge in [-0.05, 0) is 79.2 Å². The van der Waals surface area contributed by atoms with E-state index < -0.39 is 0 Å². The van der Waals surface area contributed by atoms with Crippen molar-refractivity contribution in [3.8, 4) is 17.6 Å². The fourth-order valence-corrected chi connectivity index (χ4v) is 5.33. The van der Waals surface area contributed by atoms with Crippen molar-refractivity contribution in [1.29, 1.82) is 0 Å². The number of hydrogen-bond acceptors (Lipinski definition) is 4. The monoisotopic (exact) mass is 495 g/mol. The van der Waals surface area contributed by atoms with E-state index in [2.05, 4.69) is 59.2 Å². The Morgan fingerprint density at radius 1 is 0.973 bits per heavy atom. The molecule has 0 aliphatic carbocycles. The zero-order valence-corrected chi connectivity index (χ0v) is 21.9. The van der Waals surface area contributed by atoms with Gasteiger partial charge < -0.3 is 14.7 Å². The van der Waals surface area contributed by atoms with Gasteiger partial charge in [-0.3, -0.25) is 4.79 Å². The molecular formula is C33H37NO3. The summed E-state index contributed by atoms with van der Waals surface area (Å²) in [5.74, 6) is 7.55. The smallest absolute Gasteiger partial charge is 0.308 e. The lowest BCUT2D eigenvalue weighted by atomic mass is 9.76. The van der Waals surface area contributed by atoms with Crippen LogP contribution in [0.3, 0.4) is 0 Å². The molecule has 1 fully saturated rings. The minimum absolute atomic E-state index is 0.143. The van der Waals surface area contributed by atoms with Crippen molar-refractivity contribution in [2.24, 2.45) is 11.8 Å². The third-order valence-electron chi connectivity index (χ3n) is 7.40. The van der Waals surface area contributed by atoms with E-state index in [4.69, 9.17) is 4.74 Å². The van der Waals surface area contributed by atoms with Crippen LogP contribution in [0.5, 0.6) is 5.75 Å². The number of rotatable bonds is 8. The van der Waals surface area contributed by atoms with Gasteiger partial charge in [0.2, 0.25) is 0 Å². The second-order valence-electron chi connectivity index (χ2n) is 10.0. The summed E-state index contributed by atoms with van der Waals surface area (Å²) in [6.07, 6.45) is 3.83. The van der Waals surface area contributed by atoms with Crippen LogP contribution in [0, 0.1) is 23.7 Å². The Balaban J connectivity index is 1.28. The van der Waals surface area contributed by atoms with Crippen LogP contribution in [0.4, 0.5) is 0 Å². The highest BCUT2D eigenvalue weighted by Crippen LogP contribution is 2.38. The van der Waals surface area contributed by atoms with Crippen molar-refractivity contribution in [2.45, 2.75) is 38.5 Å². The summed E-state index contributed by atoms with van der Waals surface area (Å²) in [5, 5.41) is 9.77. The molecule has 1 N–H and O–H groups in total. The Morgan fingerprint density at radius 3 is 2.27 bits per heavy atom. The number of carbonyl (C=O) groups is 1. The summed E-state index contributed by atoms with van der Waals surface area (Å²) in [6.45, 7) is 5.04. The number of esters is 1. The molecule has 192 valence electrons. The van der Waals surface area contributed by atoms with Gasteiger partial charge >= 0.3 is 5.97 Å². The molecule has 4 rings (SSSR count). The number of phenols is 1. The van der Waals surface area contributed by atoms with Gasteiger partial charge in [0.25, 0.3) is 0 Å². The standard InChI is InChI=1S/C33H37NO3/c1-25(33(36)37-2)24-27-13-11-26(12-14-27)8-6-7-21-34-22-19-30(20-23-34)32(28-9-4-3-5-10-28)29-15-17-31(35)18-16-29/h3-5,9-18,25,30,32,35H,7,19-24H2,1-2H3. The first-order chi connectivity index (χ1) is 18.0. The highest BCUT2D eigenvalue weighted by molar-refractivity contribution is 5.72. The summed E-state index contributed by atoms with van der Waals surface area (Å²) in [5.41, 5.74) is 4.75. The highest BCUT2D eigenvalue weighted by atomic mass is 16.5. The van der Waals surface area contributed by atoms with E-state index in [-0.39, 0.29) is 11.9 Å². The Bertz CT molecular complexity index is 1180. The number of phenolic OH excluding ortho intramolecular Hbond substituents is 1. The van der Waals surface area contributed by atoms with Gasteiger partial charge in [0.1, 0.15) is 5.75 Å². The molecule has 0 bridgehead atoms. The number of aromatic hydroxyl groups is 1. The lowest BCUT2D eigenvalue weighted by molar-refractivity contribution is -0.144. The predicted molar refractivity (Wildman–Crippen MR) is 148 cm³/mol. The minimum Gasteiger partial charge on any atom is -0.508 e. The van der Waals surface area contributed by atoms with Gasteiger partial charge in [-0.2, -0.15) is 0 Å². The van der Waals surface area contributed by atoms with Gasteiger partial charge in [-0.15, -0.1) is 0 Å². The molecule has 0 aromatic heterocycles. The topological polar surface area (TPSA) is 49.8 Å². The van der Waals surface area contributed by atoms with E-state index in [1.807, 2.05) is 31.2 Å². The van der Waals surface area contributed by atoms with Gasteiger partial charge in [-0.25, -0.2) is 0 Å². The summed E-state index contributed by atoms with van der Waals surface area (Å²) >= 11 is 0. The number of ether oxygens (including phenoxy) is 1. The van der Waals surface area contributed by atoms with E-state index in [9.17, 15) is 9.90 Å². The predicted octanol–water partition coefficient (Wildman–Crippen LogP) is 6.03. The molecule has 3 aromatic carbocycles. The van der Waals surface area contributed by atoms with Crippen LogP contribution in [-0.4, -0.2) is 42.7 Å². The van der Waals surface area contributed by atoms with E-state index in [0.29, 0.717) is 24.0 Å². The molecule has 0 amide bonds. The Labute approximate surface area is 221 Å². The molecule has 1 aliphatic rings. The largest absolute Gasteiger partial charge is 0.508 e. The van der Waals surface area contributed by atoms with Gasteiger partial charge in [0.05, 0.1) is 13.0 Å². The van der Waals surface area contributed by atoms with Crippen molar-refractivity contribution in [3.63, 3.8) is 0 Å². The molecule has 0 spiro atoms. The summed E-state index contributed by atoms with van der Waals surface area (Å²) in [7, 11) is 1.43. The highest BCUT2D eigenvalue weighted by Gasteiger charge is 2.28. The molecule has 2 unspecified atom stereocenters.